The van der Waals surface area contributed by atoms with Crippen molar-refractivity contribution in [3.05, 3.63) is 59.8 Å². The number of hydrogen-bond acceptors (Lipinski definition) is 4. The summed E-state index contributed by atoms with van der Waals surface area (Å²) in [5.74, 6) is -0.183. The van der Waals surface area contributed by atoms with Crippen LogP contribution in [0.4, 0.5) is 5.69 Å². The molecule has 0 unspecified atom stereocenters. The monoisotopic (exact) mass is 350 g/mol. The number of fused-ring (bicyclic) bond motifs is 1. The summed E-state index contributed by atoms with van der Waals surface area (Å²) in [6.07, 6.45) is 3.10. The molecular weight excluding hydrogens is 328 g/mol. The number of nitrogens with one attached hydrogen (secondary N) is 2. The van der Waals surface area contributed by atoms with Crippen molar-refractivity contribution in [2.75, 3.05) is 18.0 Å². The van der Waals surface area contributed by atoms with Gasteiger partial charge in [-0.25, -0.2) is 5.43 Å². The Balaban J connectivity index is 1.71. The maximum atomic E-state index is 12.3. The van der Waals surface area contributed by atoms with Crippen molar-refractivity contribution in [2.45, 2.75) is 13.8 Å². The number of anilines is 1. The van der Waals surface area contributed by atoms with E-state index in [9.17, 15) is 9.90 Å². The number of hydrazone groups is 1. The fraction of sp³-hybridized carbons (Fsp3) is 0.200. The highest BCUT2D eigenvalue weighted by molar-refractivity contribution is 6.06. The fourth-order valence-electron chi connectivity index (χ4n) is 2.91. The molecule has 0 aliphatic heterocycles. The van der Waals surface area contributed by atoms with Crippen molar-refractivity contribution in [3.8, 4) is 5.75 Å². The topological polar surface area (TPSA) is 80.7 Å². The first-order valence-electron chi connectivity index (χ1n) is 8.61. The molecule has 0 saturated heterocycles. The number of rotatable bonds is 6. The Bertz CT molecular complexity index is 942. The van der Waals surface area contributed by atoms with Gasteiger partial charge < -0.3 is 15.0 Å². The Morgan fingerprint density at radius 3 is 2.73 bits per heavy atom. The highest BCUT2D eigenvalue weighted by Crippen LogP contribution is 2.23. The van der Waals surface area contributed by atoms with Crippen molar-refractivity contribution in [1.29, 1.82) is 0 Å². The van der Waals surface area contributed by atoms with Crippen LogP contribution in [-0.4, -0.2) is 35.3 Å². The average molecular weight is 350 g/mol. The Morgan fingerprint density at radius 1 is 1.23 bits per heavy atom. The second-order valence-corrected chi connectivity index (χ2v) is 5.86. The van der Waals surface area contributed by atoms with E-state index in [1.54, 1.807) is 18.3 Å². The highest BCUT2D eigenvalue weighted by Gasteiger charge is 2.11. The van der Waals surface area contributed by atoms with E-state index in [2.05, 4.69) is 34.3 Å². The van der Waals surface area contributed by atoms with Crippen LogP contribution >= 0.6 is 0 Å². The summed E-state index contributed by atoms with van der Waals surface area (Å²) in [6.45, 7) is 5.86. The molecule has 134 valence electrons. The average Bonchev–Trinajstić information content (AvgIpc) is 3.08. The molecule has 3 aromatic rings. The summed E-state index contributed by atoms with van der Waals surface area (Å²) in [5, 5.41) is 15.0. The summed E-state index contributed by atoms with van der Waals surface area (Å²) in [5.41, 5.74) is 5.42. The summed E-state index contributed by atoms with van der Waals surface area (Å²) in [4.78, 5) is 17.5. The number of carbonyl (C=O) groups is 1. The van der Waals surface area contributed by atoms with Crippen LogP contribution in [0.5, 0.6) is 5.75 Å². The largest absolute Gasteiger partial charge is 0.507 e. The van der Waals surface area contributed by atoms with Crippen molar-refractivity contribution in [2.24, 2.45) is 5.10 Å². The Morgan fingerprint density at radius 2 is 2.00 bits per heavy atom. The molecular formula is C20H22N4O2. The van der Waals surface area contributed by atoms with Gasteiger partial charge in [0.15, 0.2) is 0 Å². The number of aromatic nitrogens is 1. The third kappa shape index (κ3) is 3.54. The molecule has 0 bridgehead atoms. The molecule has 0 atom stereocenters. The van der Waals surface area contributed by atoms with E-state index in [0.717, 1.165) is 29.7 Å². The van der Waals surface area contributed by atoms with Crippen molar-refractivity contribution >= 4 is 28.7 Å². The van der Waals surface area contributed by atoms with Gasteiger partial charge in [-0.2, -0.15) is 5.10 Å². The molecule has 0 aliphatic carbocycles. The SMILES string of the molecule is CCN(CC)c1ccc(/C=N/NC(=O)c2c[nH]c3ccccc23)c(O)c1. The first kappa shape index (κ1) is 17.5. The zero-order chi connectivity index (χ0) is 18.5. The number of nitrogens with zero attached hydrogens (tertiary/aromatic N) is 2. The highest BCUT2D eigenvalue weighted by atomic mass is 16.3. The van der Waals surface area contributed by atoms with Gasteiger partial charge in [-0.05, 0) is 32.0 Å². The quantitative estimate of drug-likeness (QED) is 0.470. The number of hydrogen-bond donors (Lipinski definition) is 3. The van der Waals surface area contributed by atoms with E-state index < -0.39 is 0 Å². The molecule has 3 N–H and O–H groups in total. The molecule has 3 rings (SSSR count). The van der Waals surface area contributed by atoms with Gasteiger partial charge in [-0.3, -0.25) is 4.79 Å². The Kier molecular flexibility index (Phi) is 5.22. The molecule has 6 heteroatoms. The van der Waals surface area contributed by atoms with Gasteiger partial charge in [-0.15, -0.1) is 0 Å². The van der Waals surface area contributed by atoms with Crippen LogP contribution in [0.3, 0.4) is 0 Å². The van der Waals surface area contributed by atoms with Crippen molar-refractivity contribution in [1.82, 2.24) is 10.4 Å². The van der Waals surface area contributed by atoms with Crippen molar-refractivity contribution in [3.63, 3.8) is 0 Å². The third-order valence-corrected chi connectivity index (χ3v) is 4.35. The summed E-state index contributed by atoms with van der Waals surface area (Å²) in [6, 6.07) is 13.0. The van der Waals surface area contributed by atoms with Gasteiger partial charge in [0.05, 0.1) is 11.8 Å². The number of carbonyl (C=O) groups excluding carboxylic acids is 1. The first-order valence-corrected chi connectivity index (χ1v) is 8.61. The van der Waals surface area contributed by atoms with E-state index >= 15 is 0 Å². The Hall–Kier alpha value is -3.28. The van der Waals surface area contributed by atoms with E-state index in [1.807, 2.05) is 30.3 Å². The van der Waals surface area contributed by atoms with E-state index in [4.69, 9.17) is 0 Å². The minimum Gasteiger partial charge on any atom is -0.507 e. The molecule has 0 fully saturated rings. The molecule has 1 heterocycles. The number of benzene rings is 2. The lowest BCUT2D eigenvalue weighted by molar-refractivity contribution is 0.0957. The lowest BCUT2D eigenvalue weighted by Gasteiger charge is -2.21. The van der Waals surface area contributed by atoms with Gasteiger partial charge >= 0.3 is 0 Å². The smallest absolute Gasteiger partial charge is 0.273 e. The molecule has 1 amide bonds. The molecule has 1 aromatic heterocycles. The molecule has 0 radical (unpaired) electrons. The van der Waals surface area contributed by atoms with Gasteiger partial charge in [-0.1, -0.05) is 18.2 Å². The van der Waals surface area contributed by atoms with Crippen LogP contribution in [0.15, 0.2) is 53.8 Å². The molecule has 0 aliphatic rings. The van der Waals surface area contributed by atoms with Crippen molar-refractivity contribution < 1.29 is 9.90 Å². The van der Waals surface area contributed by atoms with Gasteiger partial charge in [0, 0.05) is 47.5 Å². The summed E-state index contributed by atoms with van der Waals surface area (Å²) >= 11 is 0. The predicted molar refractivity (Wildman–Crippen MR) is 105 cm³/mol. The van der Waals surface area contributed by atoms with Crippen LogP contribution in [0.2, 0.25) is 0 Å². The normalized spacial score (nSPS) is 11.2. The van der Waals surface area contributed by atoms with Crippen LogP contribution < -0.4 is 10.3 Å². The summed E-state index contributed by atoms with van der Waals surface area (Å²) < 4.78 is 0. The maximum absolute atomic E-state index is 12.3. The van der Waals surface area contributed by atoms with Crippen LogP contribution in [0.1, 0.15) is 29.8 Å². The zero-order valence-corrected chi connectivity index (χ0v) is 14.9. The number of phenols is 1. The van der Waals surface area contributed by atoms with Crippen LogP contribution in [0, 0.1) is 0 Å². The predicted octanol–water partition coefficient (Wildman–Crippen LogP) is 3.48. The first-order chi connectivity index (χ1) is 12.6. The number of H-pyrrole nitrogens is 1. The lowest BCUT2D eigenvalue weighted by Crippen LogP contribution is -2.21. The number of amides is 1. The molecule has 2 aromatic carbocycles. The number of para-hydroxylation sites is 1. The maximum Gasteiger partial charge on any atom is 0.273 e. The second-order valence-electron chi connectivity index (χ2n) is 5.86. The minimum atomic E-state index is -0.307. The molecule has 26 heavy (non-hydrogen) atoms. The van der Waals surface area contributed by atoms with Gasteiger partial charge in [0.25, 0.3) is 5.91 Å². The van der Waals surface area contributed by atoms with Crippen LogP contribution in [0.25, 0.3) is 10.9 Å². The zero-order valence-electron chi connectivity index (χ0n) is 14.9. The minimum absolute atomic E-state index is 0.125. The number of aromatic hydroxyl groups is 1. The van der Waals surface area contributed by atoms with Gasteiger partial charge in [0.1, 0.15) is 5.75 Å². The molecule has 6 nitrogen and oxygen atoms in total. The Labute approximate surface area is 152 Å². The van der Waals surface area contributed by atoms with Crippen LogP contribution in [-0.2, 0) is 0 Å². The lowest BCUT2D eigenvalue weighted by atomic mass is 10.1. The van der Waals surface area contributed by atoms with E-state index in [1.165, 1.54) is 6.21 Å². The van der Waals surface area contributed by atoms with Gasteiger partial charge in [0.2, 0.25) is 0 Å². The number of phenolic OH excluding ortho intramolecular Hbond substituents is 1. The molecule has 0 spiro atoms. The standard InChI is InChI=1S/C20H22N4O2/c1-3-24(4-2)15-10-9-14(19(25)11-15)12-22-23-20(26)17-13-21-18-8-6-5-7-16(17)18/h5-13,21,25H,3-4H2,1-2H3,(H,23,26)/b22-12+. The third-order valence-electron chi connectivity index (χ3n) is 4.35. The van der Waals surface area contributed by atoms with E-state index in [0.29, 0.717) is 11.1 Å². The fourth-order valence-corrected chi connectivity index (χ4v) is 2.91. The second kappa shape index (κ2) is 7.74. The summed E-state index contributed by atoms with van der Waals surface area (Å²) in [7, 11) is 0. The van der Waals surface area contributed by atoms with E-state index in [-0.39, 0.29) is 11.7 Å². The molecule has 0 saturated carbocycles. The number of aromatic amines is 1.